The third-order valence-corrected chi connectivity index (χ3v) is 3.49. The van der Waals surface area contributed by atoms with Gasteiger partial charge < -0.3 is 0 Å². The standard InChI is InChI=1S/C14H12ClN3O/c1-17-13(19)9-16-14(12-7-4-8-18(12)17)10-5-2-3-6-11(10)15/h2-8H,9H2,1H3. The quantitative estimate of drug-likeness (QED) is 0.784. The van der Waals surface area contributed by atoms with Gasteiger partial charge in [0, 0.05) is 18.8 Å². The van der Waals surface area contributed by atoms with Gasteiger partial charge in [-0.25, -0.2) is 0 Å². The second-order valence-electron chi connectivity index (χ2n) is 4.30. The zero-order valence-corrected chi connectivity index (χ0v) is 11.1. The Morgan fingerprint density at radius 3 is 2.79 bits per heavy atom. The molecule has 1 amide bonds. The number of carbonyl (C=O) groups is 1. The lowest BCUT2D eigenvalue weighted by Gasteiger charge is -2.18. The normalized spacial score (nSPS) is 14.9. The average molecular weight is 274 g/mol. The summed E-state index contributed by atoms with van der Waals surface area (Å²) in [5.41, 5.74) is 2.45. The highest BCUT2D eigenvalue weighted by Crippen LogP contribution is 2.21. The molecule has 0 saturated heterocycles. The molecule has 1 aromatic carbocycles. The van der Waals surface area contributed by atoms with Crippen LogP contribution >= 0.6 is 11.6 Å². The number of fused-ring (bicyclic) bond motifs is 1. The largest absolute Gasteiger partial charge is 0.272 e. The predicted molar refractivity (Wildman–Crippen MR) is 75.5 cm³/mol. The van der Waals surface area contributed by atoms with Crippen LogP contribution in [-0.2, 0) is 4.79 Å². The number of likely N-dealkylation sites (N-methyl/N-ethyl adjacent to an activating group) is 1. The molecule has 0 aliphatic carbocycles. The Bertz CT molecular complexity index is 675. The van der Waals surface area contributed by atoms with Crippen molar-refractivity contribution in [3.05, 3.63) is 58.9 Å². The second-order valence-corrected chi connectivity index (χ2v) is 4.71. The van der Waals surface area contributed by atoms with Gasteiger partial charge in [-0.2, -0.15) is 0 Å². The predicted octanol–water partition coefficient (Wildman–Crippen LogP) is 2.09. The zero-order valence-electron chi connectivity index (χ0n) is 10.4. The molecule has 0 N–H and O–H groups in total. The fourth-order valence-electron chi connectivity index (χ4n) is 2.15. The fourth-order valence-corrected chi connectivity index (χ4v) is 2.37. The smallest absolute Gasteiger partial charge is 0.262 e. The maximum atomic E-state index is 11.9. The summed E-state index contributed by atoms with van der Waals surface area (Å²) in [7, 11) is 1.73. The highest BCUT2D eigenvalue weighted by Gasteiger charge is 2.22. The molecule has 1 aliphatic rings. The highest BCUT2D eigenvalue weighted by atomic mass is 35.5. The Kier molecular flexibility index (Phi) is 2.87. The average Bonchev–Trinajstić information content (AvgIpc) is 2.85. The van der Waals surface area contributed by atoms with Gasteiger partial charge in [0.05, 0.1) is 16.4 Å². The van der Waals surface area contributed by atoms with Crippen LogP contribution in [0.15, 0.2) is 47.6 Å². The van der Waals surface area contributed by atoms with E-state index in [0.29, 0.717) is 5.02 Å². The maximum absolute atomic E-state index is 11.9. The van der Waals surface area contributed by atoms with Crippen LogP contribution in [0.25, 0.3) is 0 Å². The Hall–Kier alpha value is -2.07. The van der Waals surface area contributed by atoms with Crippen LogP contribution in [0.2, 0.25) is 5.02 Å². The van der Waals surface area contributed by atoms with Crippen molar-refractivity contribution in [1.29, 1.82) is 0 Å². The molecule has 4 nitrogen and oxygen atoms in total. The number of hydrogen-bond acceptors (Lipinski definition) is 2. The Morgan fingerprint density at radius 2 is 2.00 bits per heavy atom. The number of carbonyl (C=O) groups excluding carboxylic acids is 1. The molecule has 3 rings (SSSR count). The Morgan fingerprint density at radius 1 is 1.21 bits per heavy atom. The molecule has 0 spiro atoms. The third kappa shape index (κ3) is 1.94. The van der Waals surface area contributed by atoms with Crippen LogP contribution in [0.3, 0.4) is 0 Å². The number of benzene rings is 1. The fraction of sp³-hybridized carbons (Fsp3) is 0.143. The summed E-state index contributed by atoms with van der Waals surface area (Å²) in [5, 5.41) is 2.19. The number of hydrogen-bond donors (Lipinski definition) is 0. The number of rotatable bonds is 1. The van der Waals surface area contributed by atoms with E-state index >= 15 is 0 Å². The summed E-state index contributed by atoms with van der Waals surface area (Å²) in [6, 6.07) is 11.3. The Balaban J connectivity index is 2.20. The van der Waals surface area contributed by atoms with Gasteiger partial charge >= 0.3 is 0 Å². The van der Waals surface area contributed by atoms with Crippen molar-refractivity contribution >= 4 is 23.2 Å². The van der Waals surface area contributed by atoms with Crippen LogP contribution in [0.1, 0.15) is 11.3 Å². The van der Waals surface area contributed by atoms with E-state index in [2.05, 4.69) is 4.99 Å². The van der Waals surface area contributed by atoms with Crippen molar-refractivity contribution in [3.8, 4) is 0 Å². The van der Waals surface area contributed by atoms with E-state index < -0.39 is 0 Å². The van der Waals surface area contributed by atoms with Crippen molar-refractivity contribution in [2.75, 3.05) is 18.6 Å². The van der Waals surface area contributed by atoms with E-state index in [0.717, 1.165) is 17.0 Å². The molecule has 2 aromatic rings. The van der Waals surface area contributed by atoms with Crippen molar-refractivity contribution < 1.29 is 4.79 Å². The lowest BCUT2D eigenvalue weighted by molar-refractivity contribution is -0.118. The minimum atomic E-state index is -0.0560. The van der Waals surface area contributed by atoms with Crippen molar-refractivity contribution in [1.82, 2.24) is 4.68 Å². The molecule has 0 atom stereocenters. The molecule has 0 radical (unpaired) electrons. The number of nitrogens with zero attached hydrogens (tertiary/aromatic N) is 3. The maximum Gasteiger partial charge on any atom is 0.262 e. The summed E-state index contributed by atoms with van der Waals surface area (Å²) >= 11 is 6.23. The minimum absolute atomic E-state index is 0.0560. The van der Waals surface area contributed by atoms with Gasteiger partial charge in [0.2, 0.25) is 0 Å². The number of halogens is 1. The molecule has 0 fully saturated rings. The van der Waals surface area contributed by atoms with Crippen LogP contribution in [0.5, 0.6) is 0 Å². The van der Waals surface area contributed by atoms with E-state index in [1.165, 1.54) is 0 Å². The van der Waals surface area contributed by atoms with E-state index in [-0.39, 0.29) is 12.5 Å². The molecule has 96 valence electrons. The first-order valence-electron chi connectivity index (χ1n) is 5.92. The first-order chi connectivity index (χ1) is 9.18. The van der Waals surface area contributed by atoms with Gasteiger partial charge in [-0.05, 0) is 18.2 Å². The molecule has 5 heteroatoms. The van der Waals surface area contributed by atoms with Gasteiger partial charge in [0.15, 0.2) is 0 Å². The van der Waals surface area contributed by atoms with E-state index in [1.54, 1.807) is 16.7 Å². The monoisotopic (exact) mass is 273 g/mol. The molecule has 0 bridgehead atoms. The molecule has 1 aromatic heterocycles. The van der Waals surface area contributed by atoms with Gasteiger partial charge in [-0.15, -0.1) is 0 Å². The van der Waals surface area contributed by atoms with Crippen molar-refractivity contribution in [2.45, 2.75) is 0 Å². The van der Waals surface area contributed by atoms with Gasteiger partial charge in [-0.1, -0.05) is 29.8 Å². The number of aliphatic imine (C=N–C) groups is 1. The topological polar surface area (TPSA) is 37.6 Å². The van der Waals surface area contributed by atoms with Gasteiger partial charge in [-0.3, -0.25) is 19.5 Å². The summed E-state index contributed by atoms with van der Waals surface area (Å²) in [4.78, 5) is 16.3. The second kappa shape index (κ2) is 4.55. The summed E-state index contributed by atoms with van der Waals surface area (Å²) in [5.74, 6) is -0.0560. The van der Waals surface area contributed by atoms with E-state index in [1.807, 2.05) is 42.6 Å². The van der Waals surface area contributed by atoms with Crippen LogP contribution in [0, 0.1) is 0 Å². The van der Waals surface area contributed by atoms with E-state index in [4.69, 9.17) is 11.6 Å². The molecular formula is C14H12ClN3O. The molecule has 0 saturated carbocycles. The van der Waals surface area contributed by atoms with Crippen LogP contribution in [-0.4, -0.2) is 29.9 Å². The molecule has 0 unspecified atom stereocenters. The number of amides is 1. The van der Waals surface area contributed by atoms with E-state index in [9.17, 15) is 4.79 Å². The van der Waals surface area contributed by atoms with Crippen LogP contribution < -0.4 is 5.01 Å². The first-order valence-corrected chi connectivity index (χ1v) is 6.30. The first kappa shape index (κ1) is 12.0. The zero-order chi connectivity index (χ0) is 13.4. The van der Waals surface area contributed by atoms with Crippen molar-refractivity contribution in [2.24, 2.45) is 4.99 Å². The molecular weight excluding hydrogens is 262 g/mol. The summed E-state index contributed by atoms with van der Waals surface area (Å²) in [6.07, 6.45) is 1.84. The highest BCUT2D eigenvalue weighted by molar-refractivity contribution is 6.35. The van der Waals surface area contributed by atoms with Crippen molar-refractivity contribution in [3.63, 3.8) is 0 Å². The summed E-state index contributed by atoms with van der Waals surface area (Å²) < 4.78 is 1.79. The van der Waals surface area contributed by atoms with Gasteiger partial charge in [0.1, 0.15) is 6.54 Å². The summed E-state index contributed by atoms with van der Waals surface area (Å²) in [6.45, 7) is 0.124. The Labute approximate surface area is 115 Å². The molecule has 2 heterocycles. The SMILES string of the molecule is CN1C(=O)CN=C(c2ccccc2Cl)c2cccn21. The lowest BCUT2D eigenvalue weighted by atomic mass is 10.1. The lowest BCUT2D eigenvalue weighted by Crippen LogP contribution is -2.37. The molecule has 19 heavy (non-hydrogen) atoms. The molecule has 1 aliphatic heterocycles. The minimum Gasteiger partial charge on any atom is -0.272 e. The third-order valence-electron chi connectivity index (χ3n) is 3.16. The number of aromatic nitrogens is 1. The van der Waals surface area contributed by atoms with Crippen LogP contribution in [0.4, 0.5) is 0 Å². The van der Waals surface area contributed by atoms with Gasteiger partial charge in [0.25, 0.3) is 5.91 Å².